The molecule has 0 bridgehead atoms. The molecule has 1 amide bonds. The lowest BCUT2D eigenvalue weighted by molar-refractivity contribution is 0.0602. The zero-order chi connectivity index (χ0) is 22.1. The molecule has 158 valence electrons. The summed E-state index contributed by atoms with van der Waals surface area (Å²) in [5.41, 5.74) is 3.94. The van der Waals surface area contributed by atoms with Crippen LogP contribution in [0.15, 0.2) is 42.6 Å². The van der Waals surface area contributed by atoms with Gasteiger partial charge in [0.25, 0.3) is 5.91 Å². The number of para-hydroxylation sites is 1. The molecule has 0 radical (unpaired) electrons. The Morgan fingerprint density at radius 2 is 1.94 bits per heavy atom. The molecule has 0 aliphatic carbocycles. The number of carbonyl (C=O) groups is 2. The molecule has 8 heteroatoms. The monoisotopic (exact) mass is 434 g/mol. The molecule has 0 aliphatic heterocycles. The van der Waals surface area contributed by atoms with E-state index in [0.29, 0.717) is 27.3 Å². The molecule has 7 nitrogen and oxygen atoms in total. The zero-order valence-electron chi connectivity index (χ0n) is 17.7. The predicted molar refractivity (Wildman–Crippen MR) is 122 cm³/mol. The van der Waals surface area contributed by atoms with Gasteiger partial charge in [-0.3, -0.25) is 9.48 Å². The highest BCUT2D eigenvalue weighted by atomic mass is 32.1. The number of fused-ring (bicyclic) bond motifs is 1. The predicted octanol–water partition coefficient (Wildman–Crippen LogP) is 4.84. The van der Waals surface area contributed by atoms with Crippen LogP contribution in [0.1, 0.15) is 38.2 Å². The largest absolute Gasteiger partial charge is 0.465 e. The van der Waals surface area contributed by atoms with Crippen LogP contribution >= 0.6 is 11.3 Å². The second-order valence-electron chi connectivity index (χ2n) is 7.10. The number of nitrogens with zero attached hydrogens (tertiary/aromatic N) is 3. The van der Waals surface area contributed by atoms with Crippen molar-refractivity contribution in [3.63, 3.8) is 0 Å². The maximum absolute atomic E-state index is 13.3. The molecule has 3 heterocycles. The van der Waals surface area contributed by atoms with Gasteiger partial charge in [-0.05, 0) is 39.0 Å². The molecular formula is C23H22N4O3S. The van der Waals surface area contributed by atoms with E-state index in [1.807, 2.05) is 55.9 Å². The van der Waals surface area contributed by atoms with E-state index in [2.05, 4.69) is 10.4 Å². The Kier molecular flexibility index (Phi) is 5.56. The van der Waals surface area contributed by atoms with Crippen molar-refractivity contribution >= 4 is 39.1 Å². The molecule has 0 unspecified atom stereocenters. The van der Waals surface area contributed by atoms with Gasteiger partial charge in [0.05, 0.1) is 35.1 Å². The van der Waals surface area contributed by atoms with Gasteiger partial charge in [0.15, 0.2) is 0 Å². The summed E-state index contributed by atoms with van der Waals surface area (Å²) in [7, 11) is 1.32. The number of carbonyl (C=O) groups excluding carboxylic acids is 2. The quantitative estimate of drug-likeness (QED) is 0.455. The summed E-state index contributed by atoms with van der Waals surface area (Å²) in [6.45, 7) is 6.57. The number of hydrogen-bond donors (Lipinski definition) is 1. The van der Waals surface area contributed by atoms with Crippen LogP contribution in [0.5, 0.6) is 0 Å². The van der Waals surface area contributed by atoms with Crippen LogP contribution in [0.3, 0.4) is 0 Å². The highest BCUT2D eigenvalue weighted by Gasteiger charge is 2.21. The summed E-state index contributed by atoms with van der Waals surface area (Å²) >= 11 is 1.33. The standard InChI is InChI=1S/C23H22N4O3S/c1-5-27-12-18(14(3)26-27)20-11-16(15-8-6-7-9-19(15)24-20)21(28)25-22-17(23(29)30-4)10-13(2)31-22/h6-12H,5H2,1-4H3,(H,25,28). The summed E-state index contributed by atoms with van der Waals surface area (Å²) in [4.78, 5) is 31.1. The molecule has 1 N–H and O–H groups in total. The summed E-state index contributed by atoms with van der Waals surface area (Å²) in [5.74, 6) is -0.796. The van der Waals surface area contributed by atoms with Gasteiger partial charge < -0.3 is 10.1 Å². The summed E-state index contributed by atoms with van der Waals surface area (Å²) in [6, 6.07) is 11.0. The van der Waals surface area contributed by atoms with Crippen molar-refractivity contribution in [1.29, 1.82) is 0 Å². The molecule has 0 aliphatic rings. The van der Waals surface area contributed by atoms with Gasteiger partial charge in [0.1, 0.15) is 5.00 Å². The van der Waals surface area contributed by atoms with Crippen molar-refractivity contribution in [3.8, 4) is 11.3 Å². The summed E-state index contributed by atoms with van der Waals surface area (Å²) in [6.07, 6.45) is 1.94. The fourth-order valence-electron chi connectivity index (χ4n) is 3.47. The van der Waals surface area contributed by atoms with Crippen LogP contribution in [0.25, 0.3) is 22.2 Å². The summed E-state index contributed by atoms with van der Waals surface area (Å²) in [5, 5.41) is 8.59. The number of nitrogens with one attached hydrogen (secondary N) is 1. The third-order valence-corrected chi connectivity index (χ3v) is 5.96. The maximum atomic E-state index is 13.3. The first-order valence-electron chi connectivity index (χ1n) is 9.85. The van der Waals surface area contributed by atoms with Gasteiger partial charge >= 0.3 is 5.97 Å². The molecule has 3 aromatic heterocycles. The molecule has 0 saturated carbocycles. The van der Waals surface area contributed by atoms with E-state index in [9.17, 15) is 9.59 Å². The summed E-state index contributed by atoms with van der Waals surface area (Å²) < 4.78 is 6.69. The first-order chi connectivity index (χ1) is 14.9. The number of esters is 1. The average Bonchev–Trinajstić information content (AvgIpc) is 3.34. The van der Waals surface area contributed by atoms with Crippen molar-refractivity contribution in [3.05, 3.63) is 64.3 Å². The molecule has 4 rings (SSSR count). The fourth-order valence-corrected chi connectivity index (χ4v) is 4.37. The Balaban J connectivity index is 1.81. The van der Waals surface area contributed by atoms with Gasteiger partial charge in [0, 0.05) is 28.6 Å². The van der Waals surface area contributed by atoms with Crippen molar-refractivity contribution in [2.75, 3.05) is 12.4 Å². The molecule has 1 aromatic carbocycles. The number of thiophene rings is 1. The number of aryl methyl sites for hydroxylation is 3. The van der Waals surface area contributed by atoms with Crippen molar-refractivity contribution in [2.24, 2.45) is 0 Å². The Morgan fingerprint density at radius 1 is 1.16 bits per heavy atom. The first kappa shape index (κ1) is 20.7. The minimum atomic E-state index is -0.484. The van der Waals surface area contributed by atoms with Crippen LogP contribution in [0.4, 0.5) is 5.00 Å². The number of benzene rings is 1. The average molecular weight is 435 g/mol. The third kappa shape index (κ3) is 3.94. The van der Waals surface area contributed by atoms with Crippen LogP contribution < -0.4 is 5.32 Å². The van der Waals surface area contributed by atoms with E-state index in [0.717, 1.165) is 28.1 Å². The highest BCUT2D eigenvalue weighted by Crippen LogP contribution is 2.31. The topological polar surface area (TPSA) is 86.1 Å². The van der Waals surface area contributed by atoms with Crippen molar-refractivity contribution in [2.45, 2.75) is 27.3 Å². The third-order valence-electron chi connectivity index (χ3n) is 4.99. The van der Waals surface area contributed by atoms with E-state index < -0.39 is 5.97 Å². The fraction of sp³-hybridized carbons (Fsp3) is 0.217. The second-order valence-corrected chi connectivity index (χ2v) is 8.36. The number of rotatable bonds is 5. The number of anilines is 1. The Hall–Kier alpha value is -3.52. The van der Waals surface area contributed by atoms with Crippen molar-refractivity contribution < 1.29 is 14.3 Å². The number of aromatic nitrogens is 3. The SMILES string of the molecule is CCn1cc(-c2cc(C(=O)Nc3sc(C)cc3C(=O)OC)c3ccccc3n2)c(C)n1. The van der Waals surface area contributed by atoms with Crippen LogP contribution in [0, 0.1) is 13.8 Å². The molecule has 4 aromatic rings. The van der Waals surface area contributed by atoms with E-state index in [-0.39, 0.29) is 5.91 Å². The van der Waals surface area contributed by atoms with Gasteiger partial charge in [0.2, 0.25) is 0 Å². The molecule has 0 fully saturated rings. The number of hydrogen-bond acceptors (Lipinski definition) is 6. The van der Waals surface area contributed by atoms with Crippen LogP contribution in [-0.2, 0) is 11.3 Å². The molecular weight excluding hydrogens is 412 g/mol. The van der Waals surface area contributed by atoms with Gasteiger partial charge in [-0.25, -0.2) is 9.78 Å². The van der Waals surface area contributed by atoms with Gasteiger partial charge in [-0.1, -0.05) is 18.2 Å². The lowest BCUT2D eigenvalue weighted by atomic mass is 10.0. The Morgan fingerprint density at radius 3 is 2.65 bits per heavy atom. The normalized spacial score (nSPS) is 11.0. The lowest BCUT2D eigenvalue weighted by Crippen LogP contribution is -2.14. The highest BCUT2D eigenvalue weighted by molar-refractivity contribution is 7.16. The smallest absolute Gasteiger partial charge is 0.340 e. The van der Waals surface area contributed by atoms with Crippen LogP contribution in [0.2, 0.25) is 0 Å². The van der Waals surface area contributed by atoms with E-state index in [4.69, 9.17) is 9.72 Å². The molecule has 0 atom stereocenters. The Bertz CT molecular complexity index is 1310. The molecule has 31 heavy (non-hydrogen) atoms. The first-order valence-corrected chi connectivity index (χ1v) is 10.7. The molecule has 0 saturated heterocycles. The number of amides is 1. The number of methoxy groups -OCH3 is 1. The molecule has 0 spiro atoms. The number of pyridine rings is 1. The Labute approximate surface area is 183 Å². The minimum Gasteiger partial charge on any atom is -0.465 e. The lowest BCUT2D eigenvalue weighted by Gasteiger charge is -2.10. The van der Waals surface area contributed by atoms with Crippen LogP contribution in [-0.4, -0.2) is 33.8 Å². The van der Waals surface area contributed by atoms with E-state index >= 15 is 0 Å². The number of ether oxygens (including phenoxy) is 1. The van der Waals surface area contributed by atoms with Gasteiger partial charge in [-0.15, -0.1) is 11.3 Å². The van der Waals surface area contributed by atoms with Crippen molar-refractivity contribution in [1.82, 2.24) is 14.8 Å². The van der Waals surface area contributed by atoms with E-state index in [1.165, 1.54) is 18.4 Å². The zero-order valence-corrected chi connectivity index (χ0v) is 18.5. The minimum absolute atomic E-state index is 0.313. The second kappa shape index (κ2) is 8.31. The maximum Gasteiger partial charge on any atom is 0.340 e. The van der Waals surface area contributed by atoms with Gasteiger partial charge in [-0.2, -0.15) is 5.10 Å². The van der Waals surface area contributed by atoms with E-state index in [1.54, 1.807) is 12.1 Å².